The third kappa shape index (κ3) is 5.06. The lowest BCUT2D eigenvalue weighted by Crippen LogP contribution is -2.22. The predicted molar refractivity (Wildman–Crippen MR) is 99.7 cm³/mol. The van der Waals surface area contributed by atoms with Crippen molar-refractivity contribution in [3.8, 4) is 5.75 Å². The fourth-order valence-electron chi connectivity index (χ4n) is 2.52. The summed E-state index contributed by atoms with van der Waals surface area (Å²) in [4.78, 5) is 12.2. The van der Waals surface area contributed by atoms with Crippen molar-refractivity contribution in [1.29, 1.82) is 0 Å². The first kappa shape index (κ1) is 20.7. The van der Waals surface area contributed by atoms with Gasteiger partial charge >= 0.3 is 0 Å². The number of rotatable bonds is 6. The zero-order valence-electron chi connectivity index (χ0n) is 14.8. The molecule has 0 bridgehead atoms. The summed E-state index contributed by atoms with van der Waals surface area (Å²) >= 11 is 5.89. The number of hydrogen-bond acceptors (Lipinski definition) is 2. The lowest BCUT2D eigenvalue weighted by molar-refractivity contribution is 0.0951. The van der Waals surface area contributed by atoms with Gasteiger partial charge in [-0.3, -0.25) is 4.79 Å². The van der Waals surface area contributed by atoms with E-state index < -0.39 is 29.0 Å². The number of nitrogens with one attached hydrogen (secondary N) is 1. The van der Waals surface area contributed by atoms with Crippen LogP contribution in [0.25, 0.3) is 0 Å². The number of halogens is 5. The molecule has 0 radical (unpaired) electrons. The molecule has 0 fully saturated rings. The van der Waals surface area contributed by atoms with Gasteiger partial charge < -0.3 is 10.1 Å². The topological polar surface area (TPSA) is 38.3 Å². The van der Waals surface area contributed by atoms with Crippen molar-refractivity contribution < 1.29 is 27.1 Å². The summed E-state index contributed by atoms with van der Waals surface area (Å²) < 4.78 is 58.5. The van der Waals surface area contributed by atoms with Crippen LogP contribution in [0.15, 0.2) is 54.6 Å². The number of carbonyl (C=O) groups excluding carboxylic acids is 1. The Morgan fingerprint density at radius 1 is 0.897 bits per heavy atom. The summed E-state index contributed by atoms with van der Waals surface area (Å²) in [5, 5.41) is 3.30. The van der Waals surface area contributed by atoms with Crippen LogP contribution in [-0.4, -0.2) is 5.91 Å². The second-order valence-electron chi connectivity index (χ2n) is 6.10. The van der Waals surface area contributed by atoms with Crippen molar-refractivity contribution in [1.82, 2.24) is 5.32 Å². The minimum Gasteiger partial charge on any atom is -0.483 e. The second-order valence-corrected chi connectivity index (χ2v) is 6.53. The summed E-state index contributed by atoms with van der Waals surface area (Å²) in [5.41, 5.74) is 1.63. The Bertz CT molecular complexity index is 1020. The van der Waals surface area contributed by atoms with Crippen LogP contribution in [0.3, 0.4) is 0 Å². The van der Waals surface area contributed by atoms with Gasteiger partial charge in [0.05, 0.1) is 0 Å². The van der Waals surface area contributed by atoms with Crippen LogP contribution < -0.4 is 10.1 Å². The molecule has 3 aromatic rings. The van der Waals surface area contributed by atoms with E-state index in [0.29, 0.717) is 16.1 Å². The fraction of sp³-hybridized carbons (Fsp3) is 0.0952. The molecule has 3 aromatic carbocycles. The van der Waals surface area contributed by atoms with Crippen LogP contribution in [0, 0.1) is 23.3 Å². The maximum Gasteiger partial charge on any atom is 0.251 e. The first-order valence-corrected chi connectivity index (χ1v) is 8.80. The molecule has 8 heteroatoms. The van der Waals surface area contributed by atoms with Gasteiger partial charge in [0.25, 0.3) is 5.91 Å². The van der Waals surface area contributed by atoms with Crippen molar-refractivity contribution in [2.45, 2.75) is 13.2 Å². The van der Waals surface area contributed by atoms with Gasteiger partial charge in [-0.2, -0.15) is 8.78 Å². The van der Waals surface area contributed by atoms with Gasteiger partial charge in [0.2, 0.25) is 11.6 Å². The molecule has 3 nitrogen and oxygen atoms in total. The molecular weight excluding hydrogens is 410 g/mol. The molecular formula is C21H14ClF4NO2. The van der Waals surface area contributed by atoms with Gasteiger partial charge in [-0.05, 0) is 35.4 Å². The molecule has 29 heavy (non-hydrogen) atoms. The van der Waals surface area contributed by atoms with Crippen molar-refractivity contribution in [2.24, 2.45) is 0 Å². The minimum atomic E-state index is -1.61. The fourth-order valence-corrected chi connectivity index (χ4v) is 2.73. The first-order valence-electron chi connectivity index (χ1n) is 8.42. The number of ether oxygens (including phenoxy) is 1. The van der Waals surface area contributed by atoms with Gasteiger partial charge in [-0.15, -0.1) is 0 Å². The van der Waals surface area contributed by atoms with E-state index in [-0.39, 0.29) is 25.1 Å². The zero-order chi connectivity index (χ0) is 21.0. The highest BCUT2D eigenvalue weighted by Crippen LogP contribution is 2.27. The average Bonchev–Trinajstić information content (AvgIpc) is 2.71. The molecule has 0 saturated heterocycles. The lowest BCUT2D eigenvalue weighted by atomic mass is 10.1. The summed E-state index contributed by atoms with van der Waals surface area (Å²) in [6.07, 6.45) is 0. The highest BCUT2D eigenvalue weighted by atomic mass is 35.5. The average molecular weight is 424 g/mol. The van der Waals surface area contributed by atoms with Crippen LogP contribution in [-0.2, 0) is 13.2 Å². The molecule has 0 aromatic heterocycles. The summed E-state index contributed by atoms with van der Waals surface area (Å²) in [7, 11) is 0. The van der Waals surface area contributed by atoms with Gasteiger partial charge in [-0.25, -0.2) is 8.78 Å². The van der Waals surface area contributed by atoms with Crippen LogP contribution >= 0.6 is 11.6 Å². The van der Waals surface area contributed by atoms with E-state index in [2.05, 4.69) is 5.32 Å². The minimum absolute atomic E-state index is 0.105. The highest BCUT2D eigenvalue weighted by Gasteiger charge is 2.20. The van der Waals surface area contributed by atoms with Gasteiger partial charge in [-0.1, -0.05) is 35.9 Å². The molecule has 0 aliphatic heterocycles. The third-order valence-electron chi connectivity index (χ3n) is 4.01. The predicted octanol–water partition coefficient (Wildman–Crippen LogP) is 5.41. The molecule has 0 aliphatic carbocycles. The quantitative estimate of drug-likeness (QED) is 0.425. The first-order chi connectivity index (χ1) is 13.8. The van der Waals surface area contributed by atoms with Gasteiger partial charge in [0.15, 0.2) is 17.4 Å². The standard InChI is InChI=1S/C21H14ClF4NO2/c22-15-3-1-2-13(8-15)10-27-21(28)14-6-4-12(5-7-14)11-29-20-18(25)16(23)9-17(24)19(20)26/h1-9H,10-11H2,(H,27,28). The van der Waals surface area contributed by atoms with E-state index in [0.717, 1.165) is 5.56 Å². The van der Waals surface area contributed by atoms with E-state index in [1.54, 1.807) is 18.2 Å². The van der Waals surface area contributed by atoms with Crippen LogP contribution in [0.4, 0.5) is 17.6 Å². The summed E-state index contributed by atoms with van der Waals surface area (Å²) in [5.74, 6) is -7.79. The monoisotopic (exact) mass is 423 g/mol. The number of benzene rings is 3. The third-order valence-corrected chi connectivity index (χ3v) is 4.25. The molecule has 0 heterocycles. The number of amides is 1. The smallest absolute Gasteiger partial charge is 0.251 e. The van der Waals surface area contributed by atoms with Crippen molar-refractivity contribution >= 4 is 17.5 Å². The SMILES string of the molecule is O=C(NCc1cccc(Cl)c1)c1ccc(COc2c(F)c(F)cc(F)c2F)cc1. The van der Waals surface area contributed by atoms with Gasteiger partial charge in [0.1, 0.15) is 6.61 Å². The van der Waals surface area contributed by atoms with Gasteiger partial charge in [0, 0.05) is 23.2 Å². The molecule has 0 spiro atoms. The van der Waals surface area contributed by atoms with E-state index in [4.69, 9.17) is 16.3 Å². The molecule has 3 rings (SSSR count). The summed E-state index contributed by atoms with van der Waals surface area (Å²) in [6.45, 7) is -0.0604. The maximum atomic E-state index is 13.6. The maximum absolute atomic E-state index is 13.6. The van der Waals surface area contributed by atoms with Crippen LogP contribution in [0.2, 0.25) is 5.02 Å². The van der Waals surface area contributed by atoms with Crippen molar-refractivity contribution in [3.05, 3.63) is 99.6 Å². The highest BCUT2D eigenvalue weighted by molar-refractivity contribution is 6.30. The van der Waals surface area contributed by atoms with E-state index >= 15 is 0 Å². The van der Waals surface area contributed by atoms with Crippen LogP contribution in [0.5, 0.6) is 5.75 Å². The van der Waals surface area contributed by atoms with Crippen LogP contribution in [0.1, 0.15) is 21.5 Å². The Morgan fingerprint density at radius 3 is 2.17 bits per heavy atom. The van der Waals surface area contributed by atoms with Crippen molar-refractivity contribution in [3.63, 3.8) is 0 Å². The Hall–Kier alpha value is -3.06. The summed E-state index contributed by atoms with van der Waals surface area (Å²) in [6, 6.07) is 13.1. The Balaban J connectivity index is 1.61. The number of carbonyl (C=O) groups is 1. The largest absolute Gasteiger partial charge is 0.483 e. The molecule has 0 unspecified atom stereocenters. The molecule has 0 aliphatic rings. The normalized spacial score (nSPS) is 10.7. The lowest BCUT2D eigenvalue weighted by Gasteiger charge is -2.10. The molecule has 0 atom stereocenters. The molecule has 150 valence electrons. The van der Waals surface area contributed by atoms with E-state index in [1.807, 2.05) is 6.07 Å². The molecule has 1 amide bonds. The molecule has 1 N–H and O–H groups in total. The Kier molecular flexibility index (Phi) is 6.39. The number of hydrogen-bond donors (Lipinski definition) is 1. The molecule has 0 saturated carbocycles. The zero-order valence-corrected chi connectivity index (χ0v) is 15.6. The van der Waals surface area contributed by atoms with E-state index in [1.165, 1.54) is 24.3 Å². The Morgan fingerprint density at radius 2 is 1.55 bits per heavy atom. The second kappa shape index (κ2) is 8.96. The van der Waals surface area contributed by atoms with Crippen molar-refractivity contribution in [2.75, 3.05) is 0 Å². The van der Waals surface area contributed by atoms with E-state index in [9.17, 15) is 22.4 Å². The Labute approximate surface area is 168 Å².